The van der Waals surface area contributed by atoms with Crippen molar-refractivity contribution >= 4 is 40.9 Å². The van der Waals surface area contributed by atoms with E-state index in [2.05, 4.69) is 38.7 Å². The summed E-state index contributed by atoms with van der Waals surface area (Å²) in [5, 5.41) is 4.39. The largest absolute Gasteiger partial charge is 0.311 e. The van der Waals surface area contributed by atoms with Crippen molar-refractivity contribution in [2.45, 2.75) is 45.1 Å². The molecule has 0 radical (unpaired) electrons. The average molecular weight is 334 g/mol. The Balaban J connectivity index is 2.88. The highest BCUT2D eigenvalue weighted by molar-refractivity contribution is 7.96. The van der Waals surface area contributed by atoms with Crippen molar-refractivity contribution in [3.8, 4) is 0 Å². The first-order chi connectivity index (χ1) is 9.25. The van der Waals surface area contributed by atoms with Crippen LogP contribution in [-0.4, -0.2) is 17.2 Å². The van der Waals surface area contributed by atoms with Crippen molar-refractivity contribution < 1.29 is 4.79 Å². The lowest BCUT2D eigenvalue weighted by Crippen LogP contribution is -2.41. The fourth-order valence-electron chi connectivity index (χ4n) is 1.81. The van der Waals surface area contributed by atoms with Gasteiger partial charge in [-0.05, 0) is 38.0 Å². The molecule has 1 aromatic carbocycles. The number of carbonyl (C=O) groups is 1. The Kier molecular flexibility index (Phi) is 6.86. The van der Waals surface area contributed by atoms with Crippen LogP contribution in [0.15, 0.2) is 18.2 Å². The number of carbonyl (C=O) groups excluding carboxylic acids is 1. The highest BCUT2D eigenvalue weighted by Crippen LogP contribution is 2.28. The molecule has 0 heterocycles. The third kappa shape index (κ3) is 5.65. The van der Waals surface area contributed by atoms with Crippen LogP contribution in [0.5, 0.6) is 0 Å². The van der Waals surface area contributed by atoms with Gasteiger partial charge in [0.2, 0.25) is 0 Å². The fourth-order valence-corrected chi connectivity index (χ4v) is 2.34. The molecule has 0 spiro atoms. The first-order valence-electron chi connectivity index (χ1n) is 6.67. The van der Waals surface area contributed by atoms with E-state index in [1.807, 2.05) is 12.1 Å². The monoisotopic (exact) mass is 333 g/mol. The normalized spacial score (nSPS) is 13.3. The SMILES string of the molecule is CCC(C)(C)NCC(CC(=O)S)c1ccc(Cl)c(Cl)c1. The Labute approximate surface area is 136 Å². The predicted octanol–water partition coefficient (Wildman–Crippen LogP) is 4.70. The van der Waals surface area contributed by atoms with Gasteiger partial charge in [0.25, 0.3) is 0 Å². The molecular formula is C15H21Cl2NOS. The summed E-state index contributed by atoms with van der Waals surface area (Å²) < 4.78 is 0. The number of hydrogen-bond acceptors (Lipinski definition) is 2. The van der Waals surface area contributed by atoms with Crippen molar-refractivity contribution in [2.24, 2.45) is 0 Å². The van der Waals surface area contributed by atoms with E-state index < -0.39 is 0 Å². The molecule has 112 valence electrons. The van der Waals surface area contributed by atoms with E-state index in [0.29, 0.717) is 23.0 Å². The maximum absolute atomic E-state index is 11.4. The highest BCUT2D eigenvalue weighted by atomic mass is 35.5. The van der Waals surface area contributed by atoms with Gasteiger partial charge >= 0.3 is 0 Å². The Morgan fingerprint density at radius 2 is 2.00 bits per heavy atom. The minimum atomic E-state index is -0.128. The molecule has 1 unspecified atom stereocenters. The van der Waals surface area contributed by atoms with Gasteiger partial charge in [0.15, 0.2) is 5.12 Å². The molecule has 0 saturated carbocycles. The van der Waals surface area contributed by atoms with E-state index in [4.69, 9.17) is 23.2 Å². The van der Waals surface area contributed by atoms with Gasteiger partial charge in [-0.1, -0.05) is 36.2 Å². The van der Waals surface area contributed by atoms with E-state index in [1.54, 1.807) is 6.07 Å². The Morgan fingerprint density at radius 3 is 2.50 bits per heavy atom. The molecule has 0 aliphatic rings. The summed E-state index contributed by atoms with van der Waals surface area (Å²) in [6.07, 6.45) is 1.38. The van der Waals surface area contributed by atoms with Crippen molar-refractivity contribution in [2.75, 3.05) is 6.54 Å². The maximum atomic E-state index is 11.4. The summed E-state index contributed by atoms with van der Waals surface area (Å²) in [6.45, 7) is 7.11. The summed E-state index contributed by atoms with van der Waals surface area (Å²) in [4.78, 5) is 11.4. The number of hydrogen-bond donors (Lipinski definition) is 2. The minimum absolute atomic E-state index is 0.0358. The van der Waals surface area contributed by atoms with Crippen molar-refractivity contribution in [3.05, 3.63) is 33.8 Å². The van der Waals surface area contributed by atoms with Crippen LogP contribution in [0, 0.1) is 0 Å². The molecule has 1 rings (SSSR count). The number of benzene rings is 1. The summed E-state index contributed by atoms with van der Waals surface area (Å²) in [5.41, 5.74) is 1.04. The van der Waals surface area contributed by atoms with Gasteiger partial charge in [-0.25, -0.2) is 0 Å². The lowest BCUT2D eigenvalue weighted by molar-refractivity contribution is -0.111. The maximum Gasteiger partial charge on any atom is 0.186 e. The van der Waals surface area contributed by atoms with Crippen LogP contribution < -0.4 is 5.32 Å². The Hall–Kier alpha value is -0.220. The highest BCUT2D eigenvalue weighted by Gasteiger charge is 2.20. The zero-order valence-electron chi connectivity index (χ0n) is 12.0. The molecule has 1 aromatic rings. The molecule has 0 fully saturated rings. The summed E-state index contributed by atoms with van der Waals surface area (Å²) in [5.74, 6) is 0.0422. The molecule has 2 nitrogen and oxygen atoms in total. The van der Waals surface area contributed by atoms with Gasteiger partial charge in [-0.2, -0.15) is 0 Å². The first-order valence-corrected chi connectivity index (χ1v) is 7.87. The number of thiol groups is 1. The quantitative estimate of drug-likeness (QED) is 0.708. The van der Waals surface area contributed by atoms with Crippen LogP contribution in [0.2, 0.25) is 10.0 Å². The van der Waals surface area contributed by atoms with Gasteiger partial charge < -0.3 is 5.32 Å². The molecule has 20 heavy (non-hydrogen) atoms. The molecule has 1 atom stereocenters. The fraction of sp³-hybridized carbons (Fsp3) is 0.533. The van der Waals surface area contributed by atoms with E-state index in [-0.39, 0.29) is 16.6 Å². The summed E-state index contributed by atoms with van der Waals surface area (Å²) in [6, 6.07) is 5.50. The third-order valence-corrected chi connectivity index (χ3v) is 4.47. The lowest BCUT2D eigenvalue weighted by atomic mass is 9.94. The summed E-state index contributed by atoms with van der Waals surface area (Å²) in [7, 11) is 0. The lowest BCUT2D eigenvalue weighted by Gasteiger charge is -2.28. The second-order valence-corrected chi connectivity index (χ2v) is 6.90. The van der Waals surface area contributed by atoms with Crippen LogP contribution in [0.3, 0.4) is 0 Å². The zero-order valence-corrected chi connectivity index (χ0v) is 14.4. The average Bonchev–Trinajstić information content (AvgIpc) is 2.37. The molecule has 0 saturated heterocycles. The van der Waals surface area contributed by atoms with Gasteiger partial charge in [0.05, 0.1) is 10.0 Å². The minimum Gasteiger partial charge on any atom is -0.311 e. The van der Waals surface area contributed by atoms with Crippen LogP contribution in [0.1, 0.15) is 45.1 Å². The molecule has 0 aromatic heterocycles. The van der Waals surface area contributed by atoms with Crippen LogP contribution in [0.4, 0.5) is 0 Å². The van der Waals surface area contributed by atoms with Gasteiger partial charge in [0.1, 0.15) is 0 Å². The van der Waals surface area contributed by atoms with Gasteiger partial charge in [0, 0.05) is 24.4 Å². The van der Waals surface area contributed by atoms with E-state index in [1.165, 1.54) is 0 Å². The number of nitrogens with one attached hydrogen (secondary N) is 1. The van der Waals surface area contributed by atoms with E-state index >= 15 is 0 Å². The van der Waals surface area contributed by atoms with Crippen LogP contribution in [0.25, 0.3) is 0 Å². The number of rotatable bonds is 7. The smallest absolute Gasteiger partial charge is 0.186 e. The second-order valence-electron chi connectivity index (χ2n) is 5.59. The molecule has 5 heteroatoms. The van der Waals surface area contributed by atoms with Gasteiger partial charge in [-0.3, -0.25) is 4.79 Å². The molecule has 0 bridgehead atoms. The van der Waals surface area contributed by atoms with Crippen molar-refractivity contribution in [3.63, 3.8) is 0 Å². The molecule has 0 aliphatic carbocycles. The number of halogens is 2. The van der Waals surface area contributed by atoms with E-state index in [9.17, 15) is 4.79 Å². The first kappa shape index (κ1) is 17.8. The van der Waals surface area contributed by atoms with Crippen LogP contribution >= 0.6 is 35.8 Å². The molecular weight excluding hydrogens is 313 g/mol. The van der Waals surface area contributed by atoms with Crippen LogP contribution in [-0.2, 0) is 4.79 Å². The van der Waals surface area contributed by atoms with Crippen molar-refractivity contribution in [1.29, 1.82) is 0 Å². The molecule has 0 amide bonds. The second kappa shape index (κ2) is 7.69. The topological polar surface area (TPSA) is 29.1 Å². The summed E-state index contributed by atoms with van der Waals surface area (Å²) >= 11 is 15.9. The van der Waals surface area contributed by atoms with E-state index in [0.717, 1.165) is 12.0 Å². The van der Waals surface area contributed by atoms with Crippen molar-refractivity contribution in [1.82, 2.24) is 5.32 Å². The van der Waals surface area contributed by atoms with Gasteiger partial charge in [-0.15, -0.1) is 12.6 Å². The predicted molar refractivity (Wildman–Crippen MR) is 90.2 cm³/mol. The zero-order chi connectivity index (χ0) is 15.3. The Bertz CT molecular complexity index is 477. The Morgan fingerprint density at radius 1 is 1.35 bits per heavy atom. The molecule has 1 N–H and O–H groups in total. The standard InChI is InChI=1S/C15H21Cl2NOS/c1-4-15(2,3)18-9-11(8-14(19)20)10-5-6-12(16)13(17)7-10/h5-7,11,18H,4,8-9H2,1-3H3,(H,19,20). The molecule has 0 aliphatic heterocycles. The third-order valence-electron chi connectivity index (χ3n) is 3.55.